The standard InChI is InChI=1S/C14H15N5O/c1-18-10-16-17-14(18)13-9-19(6-7-20-13)12-4-2-11(8-15)3-5-12/h2-5,10,13H,6-7,9H2,1H3/t13-/m1/s1. The van der Waals surface area contributed by atoms with Gasteiger partial charge in [-0.15, -0.1) is 10.2 Å². The number of nitrogens with zero attached hydrogens (tertiary/aromatic N) is 5. The number of benzene rings is 1. The van der Waals surface area contributed by atoms with E-state index in [4.69, 9.17) is 10.00 Å². The van der Waals surface area contributed by atoms with Gasteiger partial charge in [0.25, 0.3) is 0 Å². The van der Waals surface area contributed by atoms with Crippen molar-refractivity contribution in [1.82, 2.24) is 14.8 Å². The third-order valence-electron chi connectivity index (χ3n) is 3.46. The highest BCUT2D eigenvalue weighted by Crippen LogP contribution is 2.24. The van der Waals surface area contributed by atoms with Crippen LogP contribution in [-0.4, -0.2) is 34.5 Å². The summed E-state index contributed by atoms with van der Waals surface area (Å²) in [4.78, 5) is 2.24. The van der Waals surface area contributed by atoms with Crippen LogP contribution in [0.5, 0.6) is 0 Å². The largest absolute Gasteiger partial charge is 0.367 e. The van der Waals surface area contributed by atoms with Crippen LogP contribution in [-0.2, 0) is 11.8 Å². The molecule has 102 valence electrons. The Hall–Kier alpha value is -2.39. The highest BCUT2D eigenvalue weighted by atomic mass is 16.5. The van der Waals surface area contributed by atoms with E-state index in [1.165, 1.54) is 0 Å². The van der Waals surface area contributed by atoms with Gasteiger partial charge in [-0.2, -0.15) is 5.26 Å². The van der Waals surface area contributed by atoms with E-state index in [0.29, 0.717) is 12.2 Å². The molecule has 0 radical (unpaired) electrons. The van der Waals surface area contributed by atoms with Crippen LogP contribution >= 0.6 is 0 Å². The Morgan fingerprint density at radius 3 is 2.80 bits per heavy atom. The second kappa shape index (κ2) is 5.31. The number of aryl methyl sites for hydroxylation is 1. The second-order valence-electron chi connectivity index (χ2n) is 4.76. The van der Waals surface area contributed by atoms with Crippen LogP contribution in [0.25, 0.3) is 0 Å². The third-order valence-corrected chi connectivity index (χ3v) is 3.46. The van der Waals surface area contributed by atoms with Gasteiger partial charge in [0.1, 0.15) is 12.4 Å². The molecule has 0 unspecified atom stereocenters. The van der Waals surface area contributed by atoms with Crippen molar-refractivity contribution >= 4 is 5.69 Å². The first kappa shape index (κ1) is 12.6. The molecule has 1 atom stereocenters. The molecule has 2 aromatic rings. The van der Waals surface area contributed by atoms with E-state index < -0.39 is 0 Å². The van der Waals surface area contributed by atoms with Crippen molar-refractivity contribution in [2.75, 3.05) is 24.6 Å². The van der Waals surface area contributed by atoms with Crippen LogP contribution in [0.2, 0.25) is 0 Å². The Morgan fingerprint density at radius 2 is 2.15 bits per heavy atom. The van der Waals surface area contributed by atoms with Gasteiger partial charge in [-0.3, -0.25) is 0 Å². The number of hydrogen-bond acceptors (Lipinski definition) is 5. The quantitative estimate of drug-likeness (QED) is 0.821. The van der Waals surface area contributed by atoms with Crippen molar-refractivity contribution in [2.24, 2.45) is 7.05 Å². The van der Waals surface area contributed by atoms with Crippen molar-refractivity contribution in [3.63, 3.8) is 0 Å². The summed E-state index contributed by atoms with van der Waals surface area (Å²) in [6, 6.07) is 9.74. The molecule has 1 saturated heterocycles. The fourth-order valence-electron chi connectivity index (χ4n) is 2.37. The van der Waals surface area contributed by atoms with E-state index in [1.54, 1.807) is 6.33 Å². The van der Waals surface area contributed by atoms with Gasteiger partial charge in [0.15, 0.2) is 5.82 Å². The SMILES string of the molecule is Cn1cnnc1[C@H]1CN(c2ccc(C#N)cc2)CCO1. The van der Waals surface area contributed by atoms with Crippen molar-refractivity contribution in [2.45, 2.75) is 6.10 Å². The second-order valence-corrected chi connectivity index (χ2v) is 4.76. The summed E-state index contributed by atoms with van der Waals surface area (Å²) in [7, 11) is 1.92. The molecule has 6 nitrogen and oxygen atoms in total. The molecule has 0 aliphatic carbocycles. The monoisotopic (exact) mass is 269 g/mol. The molecule has 1 aliphatic rings. The number of hydrogen-bond donors (Lipinski definition) is 0. The maximum atomic E-state index is 8.83. The predicted molar refractivity (Wildman–Crippen MR) is 73.1 cm³/mol. The predicted octanol–water partition coefficient (Wildman–Crippen LogP) is 1.26. The van der Waals surface area contributed by atoms with E-state index >= 15 is 0 Å². The molecular formula is C14H15N5O. The molecule has 0 N–H and O–H groups in total. The van der Waals surface area contributed by atoms with Gasteiger partial charge < -0.3 is 14.2 Å². The molecule has 0 spiro atoms. The molecule has 1 aromatic heterocycles. The summed E-state index contributed by atoms with van der Waals surface area (Å²) in [6.07, 6.45) is 1.60. The summed E-state index contributed by atoms with van der Waals surface area (Å²) in [5.74, 6) is 0.836. The number of aromatic nitrogens is 3. The lowest BCUT2D eigenvalue weighted by Crippen LogP contribution is -2.39. The molecule has 3 rings (SSSR count). The highest BCUT2D eigenvalue weighted by Gasteiger charge is 2.25. The molecule has 0 bridgehead atoms. The average Bonchev–Trinajstić information content (AvgIpc) is 2.94. The van der Waals surface area contributed by atoms with Gasteiger partial charge in [-0.1, -0.05) is 0 Å². The first-order chi connectivity index (χ1) is 9.78. The van der Waals surface area contributed by atoms with Crippen LogP contribution in [0.4, 0.5) is 5.69 Å². The van der Waals surface area contributed by atoms with E-state index in [1.807, 2.05) is 35.9 Å². The summed E-state index contributed by atoms with van der Waals surface area (Å²) in [6.45, 7) is 2.22. The van der Waals surface area contributed by atoms with Crippen LogP contribution in [0.1, 0.15) is 17.5 Å². The maximum Gasteiger partial charge on any atom is 0.163 e. The number of morpholine rings is 1. The summed E-state index contributed by atoms with van der Waals surface area (Å²) >= 11 is 0. The van der Waals surface area contributed by atoms with Crippen LogP contribution in [0, 0.1) is 11.3 Å². The lowest BCUT2D eigenvalue weighted by Gasteiger charge is -2.33. The fourth-order valence-corrected chi connectivity index (χ4v) is 2.37. The average molecular weight is 269 g/mol. The molecule has 0 saturated carbocycles. The molecule has 1 aromatic carbocycles. The van der Waals surface area contributed by atoms with Crippen LogP contribution < -0.4 is 4.90 Å². The minimum Gasteiger partial charge on any atom is -0.367 e. The minimum atomic E-state index is -0.0770. The molecule has 2 heterocycles. The zero-order valence-electron chi connectivity index (χ0n) is 11.2. The van der Waals surface area contributed by atoms with Gasteiger partial charge in [0.05, 0.1) is 24.8 Å². The molecule has 1 aliphatic heterocycles. The number of anilines is 1. The van der Waals surface area contributed by atoms with Crippen molar-refractivity contribution in [3.05, 3.63) is 42.0 Å². The van der Waals surface area contributed by atoms with E-state index in [-0.39, 0.29) is 6.10 Å². The van der Waals surface area contributed by atoms with E-state index in [9.17, 15) is 0 Å². The third kappa shape index (κ3) is 2.36. The highest BCUT2D eigenvalue weighted by molar-refractivity contribution is 5.50. The van der Waals surface area contributed by atoms with Gasteiger partial charge >= 0.3 is 0 Å². The number of ether oxygens (including phenoxy) is 1. The minimum absolute atomic E-state index is 0.0770. The molecule has 6 heteroatoms. The Morgan fingerprint density at radius 1 is 1.35 bits per heavy atom. The Balaban J connectivity index is 1.78. The van der Waals surface area contributed by atoms with Gasteiger partial charge in [0.2, 0.25) is 0 Å². The summed E-state index contributed by atoms with van der Waals surface area (Å²) < 4.78 is 7.66. The maximum absolute atomic E-state index is 8.83. The van der Waals surface area contributed by atoms with Gasteiger partial charge in [0, 0.05) is 19.3 Å². The first-order valence-corrected chi connectivity index (χ1v) is 6.48. The van der Waals surface area contributed by atoms with E-state index in [0.717, 1.165) is 24.6 Å². The normalized spacial score (nSPS) is 18.8. The lowest BCUT2D eigenvalue weighted by molar-refractivity contribution is 0.0321. The van der Waals surface area contributed by atoms with Crippen molar-refractivity contribution in [1.29, 1.82) is 5.26 Å². The summed E-state index contributed by atoms with van der Waals surface area (Å²) in [5, 5.41) is 16.8. The van der Waals surface area contributed by atoms with Crippen LogP contribution in [0.15, 0.2) is 30.6 Å². The lowest BCUT2D eigenvalue weighted by atomic mass is 10.2. The van der Waals surface area contributed by atoms with Gasteiger partial charge in [-0.25, -0.2) is 0 Å². The Labute approximate surface area is 117 Å². The van der Waals surface area contributed by atoms with E-state index in [2.05, 4.69) is 21.2 Å². The topological polar surface area (TPSA) is 67.0 Å². The molecular weight excluding hydrogens is 254 g/mol. The van der Waals surface area contributed by atoms with Crippen molar-refractivity contribution < 1.29 is 4.74 Å². The molecule has 1 fully saturated rings. The zero-order chi connectivity index (χ0) is 13.9. The van der Waals surface area contributed by atoms with Gasteiger partial charge in [-0.05, 0) is 24.3 Å². The van der Waals surface area contributed by atoms with Crippen molar-refractivity contribution in [3.8, 4) is 6.07 Å². The Bertz CT molecular complexity index is 628. The molecule has 0 amide bonds. The first-order valence-electron chi connectivity index (χ1n) is 6.48. The number of nitriles is 1. The smallest absolute Gasteiger partial charge is 0.163 e. The molecule has 20 heavy (non-hydrogen) atoms. The Kier molecular flexibility index (Phi) is 3.35. The zero-order valence-corrected chi connectivity index (χ0v) is 11.2. The fraction of sp³-hybridized carbons (Fsp3) is 0.357. The summed E-state index contributed by atoms with van der Waals surface area (Å²) in [5.41, 5.74) is 1.77. The van der Waals surface area contributed by atoms with Crippen LogP contribution in [0.3, 0.4) is 0 Å². The number of rotatable bonds is 2.